The predicted octanol–water partition coefficient (Wildman–Crippen LogP) is 16.5. The van der Waals surface area contributed by atoms with Gasteiger partial charge in [-0.05, 0) is 151 Å². The van der Waals surface area contributed by atoms with Crippen LogP contribution in [0.4, 0.5) is 0 Å². The summed E-state index contributed by atoms with van der Waals surface area (Å²) in [5.41, 5.74) is 9.22. The number of carbonyl (C=O) groups is 3. The third-order valence-electron chi connectivity index (χ3n) is 15.4. The molecule has 0 radical (unpaired) electrons. The standard InChI is InChI=1S/C39H55NO7.C31H47NO5.C4H5ClO.C2H6.CH4/c1-6-7-8-9-10-11-12-13-22-44-36-16-14-32(27-34(36)18-23-46-38(41)30(2)3)33-15-17-37(45-26-21-40-20-25-43-29-40)35(28-33)19-24-47-39(42)31(4)5;1-2-3-4-5-6-7-8-9-20-36-30-12-10-26(23-28(30)14-18-33)27-11-13-31(29(24-27)15-19-34)37-22-17-32-16-21-35-25-32;1-3(2)4(5)6;1-2;/h14-17,27-28H,2,4,6-13,18-26,29H2,1,3,5H3;10-13,23-24,33-34H,2-9,14-22,25H2,1H3;1H2,2H3;1-2H3;1H4. The summed E-state index contributed by atoms with van der Waals surface area (Å²) in [6.07, 6.45) is 22.2. The lowest BCUT2D eigenvalue weighted by molar-refractivity contribution is -0.139. The van der Waals surface area contributed by atoms with E-state index in [-0.39, 0.29) is 33.9 Å². The number of esters is 2. The van der Waals surface area contributed by atoms with Crippen LogP contribution in [0.5, 0.6) is 23.0 Å². The minimum absolute atomic E-state index is 0. The van der Waals surface area contributed by atoms with Gasteiger partial charge in [-0.3, -0.25) is 14.6 Å². The van der Waals surface area contributed by atoms with Crippen molar-refractivity contribution < 1.29 is 62.5 Å². The molecule has 2 aliphatic heterocycles. The van der Waals surface area contributed by atoms with E-state index in [1.54, 1.807) is 20.8 Å². The second-order valence-electron chi connectivity index (χ2n) is 23.3. The molecular weight excluding hydrogens is 1200 g/mol. The Balaban J connectivity index is 0.000000573. The fourth-order valence-electron chi connectivity index (χ4n) is 10.0. The van der Waals surface area contributed by atoms with E-state index in [1.165, 1.54) is 83.5 Å². The molecule has 2 aliphatic rings. The summed E-state index contributed by atoms with van der Waals surface area (Å²) in [4.78, 5) is 38.3. The second kappa shape index (κ2) is 51.3. The van der Waals surface area contributed by atoms with Crippen molar-refractivity contribution in [2.75, 3.05) is 106 Å². The molecule has 0 atom stereocenters. The molecule has 0 aromatic heterocycles. The minimum Gasteiger partial charge on any atom is -0.493 e. The molecule has 6 rings (SSSR count). The van der Waals surface area contributed by atoms with Crippen LogP contribution >= 0.6 is 11.6 Å². The first-order valence-electron chi connectivity index (χ1n) is 34.0. The zero-order chi connectivity index (χ0) is 67.1. The van der Waals surface area contributed by atoms with Crippen LogP contribution in [0.3, 0.4) is 0 Å². The number of allylic oxidation sites excluding steroid dienone is 1. The first-order chi connectivity index (χ1) is 44.7. The third kappa shape index (κ3) is 34.8. The third-order valence-corrected chi connectivity index (χ3v) is 15.7. The zero-order valence-corrected chi connectivity index (χ0v) is 57.9. The lowest BCUT2D eigenvalue weighted by atomic mass is 9.98. The lowest BCUT2D eigenvalue weighted by Gasteiger charge is -2.17. The van der Waals surface area contributed by atoms with Gasteiger partial charge in [0.05, 0.1) is 53.1 Å². The van der Waals surface area contributed by atoms with Crippen LogP contribution in [0, 0.1) is 0 Å². The van der Waals surface area contributed by atoms with Crippen molar-refractivity contribution in [3.05, 3.63) is 132 Å². The highest BCUT2D eigenvalue weighted by molar-refractivity contribution is 6.67. The highest BCUT2D eigenvalue weighted by Crippen LogP contribution is 2.34. The van der Waals surface area contributed by atoms with Crippen molar-refractivity contribution in [2.24, 2.45) is 0 Å². The van der Waals surface area contributed by atoms with Crippen LogP contribution in [-0.2, 0) is 59.0 Å². The first-order valence-corrected chi connectivity index (χ1v) is 34.4. The topological polar surface area (TPSA) is 172 Å². The van der Waals surface area contributed by atoms with Gasteiger partial charge in [-0.1, -0.05) is 169 Å². The van der Waals surface area contributed by atoms with Crippen molar-refractivity contribution in [3.63, 3.8) is 0 Å². The molecule has 2 fully saturated rings. The fourth-order valence-corrected chi connectivity index (χ4v) is 10.0. The molecule has 2 heterocycles. The largest absolute Gasteiger partial charge is 0.493 e. The summed E-state index contributed by atoms with van der Waals surface area (Å²) in [6, 6.07) is 24.7. The average Bonchev–Trinajstić information content (AvgIpc) is 1.19. The molecule has 4 aromatic carbocycles. The number of benzene rings is 4. The normalized spacial score (nSPS) is 12.6. The van der Waals surface area contributed by atoms with Crippen molar-refractivity contribution in [2.45, 2.75) is 184 Å². The Morgan fingerprint density at radius 3 is 1.01 bits per heavy atom. The van der Waals surface area contributed by atoms with Crippen LogP contribution in [0.2, 0.25) is 0 Å². The van der Waals surface area contributed by atoms with Gasteiger partial charge in [0.25, 0.3) is 0 Å². The van der Waals surface area contributed by atoms with Crippen LogP contribution in [0.25, 0.3) is 22.3 Å². The number of unbranched alkanes of at least 4 members (excludes halogenated alkanes) is 14. The fraction of sp³-hybridized carbons (Fsp3) is 0.571. The lowest BCUT2D eigenvalue weighted by Crippen LogP contribution is -2.25. The Kier molecular flexibility index (Phi) is 45.8. The van der Waals surface area contributed by atoms with Crippen LogP contribution < -0.4 is 18.9 Å². The number of aliphatic hydroxyl groups excluding tert-OH is 2. The quantitative estimate of drug-likeness (QED) is 0.0185. The Morgan fingerprint density at radius 2 is 0.742 bits per heavy atom. The molecule has 16 heteroatoms. The van der Waals surface area contributed by atoms with Gasteiger partial charge in [0.2, 0.25) is 5.24 Å². The molecule has 0 aliphatic carbocycles. The summed E-state index contributed by atoms with van der Waals surface area (Å²) in [5.74, 6) is 2.45. The highest BCUT2D eigenvalue weighted by Gasteiger charge is 2.17. The molecule has 0 bridgehead atoms. The molecule has 93 heavy (non-hydrogen) atoms. The SMILES string of the molecule is C.C=C(C)C(=O)Cl.C=C(C)C(=O)OCCc1cc(-c2ccc(OCCN3CCOC3)c(CCOC(=O)C(=C)C)c2)ccc1OCCCCCCCCCC.CC.CCCCCCCCCCOc1ccc(-c2ccc(OCCN3CCOC3)c(CCO)c2)cc1CCO. The van der Waals surface area contributed by atoms with Gasteiger partial charge in [0.1, 0.15) is 36.2 Å². The van der Waals surface area contributed by atoms with E-state index in [2.05, 4.69) is 85.8 Å². The van der Waals surface area contributed by atoms with Crippen molar-refractivity contribution in [3.8, 4) is 45.3 Å². The van der Waals surface area contributed by atoms with E-state index in [0.717, 1.165) is 126 Å². The van der Waals surface area contributed by atoms with E-state index in [4.69, 9.17) is 49.5 Å². The molecule has 2 N–H and O–H groups in total. The van der Waals surface area contributed by atoms with Crippen molar-refractivity contribution >= 4 is 28.8 Å². The van der Waals surface area contributed by atoms with E-state index in [9.17, 15) is 24.6 Å². The zero-order valence-electron chi connectivity index (χ0n) is 57.2. The highest BCUT2D eigenvalue weighted by atomic mass is 35.5. The van der Waals surface area contributed by atoms with Gasteiger partial charge < -0.3 is 48.1 Å². The molecule has 15 nitrogen and oxygen atoms in total. The predicted molar refractivity (Wildman–Crippen MR) is 380 cm³/mol. The average molecular weight is 1310 g/mol. The minimum atomic E-state index is -0.463. The van der Waals surface area contributed by atoms with E-state index in [1.807, 2.05) is 44.2 Å². The van der Waals surface area contributed by atoms with E-state index < -0.39 is 17.2 Å². The van der Waals surface area contributed by atoms with Gasteiger partial charge in [-0.25, -0.2) is 9.59 Å². The number of aliphatic hydroxyl groups is 2. The van der Waals surface area contributed by atoms with Gasteiger partial charge in [-0.15, -0.1) is 0 Å². The van der Waals surface area contributed by atoms with Crippen LogP contribution in [0.1, 0.15) is 181 Å². The summed E-state index contributed by atoms with van der Waals surface area (Å²) < 4.78 is 46.3. The molecule has 520 valence electrons. The summed E-state index contributed by atoms with van der Waals surface area (Å²) in [7, 11) is 0. The van der Waals surface area contributed by atoms with E-state index >= 15 is 0 Å². The first kappa shape index (κ1) is 83.1. The Hall–Kier alpha value is -6.04. The van der Waals surface area contributed by atoms with Gasteiger partial charge >= 0.3 is 11.9 Å². The smallest absolute Gasteiger partial charge is 0.333 e. The summed E-state index contributed by atoms with van der Waals surface area (Å²) in [5, 5.41) is 18.8. The number of hydrogen-bond donors (Lipinski definition) is 2. The summed E-state index contributed by atoms with van der Waals surface area (Å²) >= 11 is 4.87. The number of carbonyl (C=O) groups excluding carboxylic acids is 3. The Morgan fingerprint density at radius 1 is 0.452 bits per heavy atom. The molecule has 4 aromatic rings. The molecular formula is C77H117ClN2O13. The number of ether oxygens (including phenoxy) is 8. The van der Waals surface area contributed by atoms with Crippen molar-refractivity contribution in [1.82, 2.24) is 9.80 Å². The van der Waals surface area contributed by atoms with E-state index in [0.29, 0.717) is 82.3 Å². The molecule has 0 saturated carbocycles. The molecule has 0 amide bonds. The number of halogens is 1. The number of nitrogens with zero attached hydrogens (tertiary/aromatic N) is 2. The maximum Gasteiger partial charge on any atom is 0.333 e. The van der Waals surface area contributed by atoms with Gasteiger partial charge in [0, 0.05) is 69.0 Å². The Bertz CT molecular complexity index is 2740. The summed E-state index contributed by atoms with van der Waals surface area (Å²) in [6.45, 7) is 33.3. The van der Waals surface area contributed by atoms with Gasteiger partial charge in [0.15, 0.2) is 0 Å². The van der Waals surface area contributed by atoms with Gasteiger partial charge in [-0.2, -0.15) is 0 Å². The van der Waals surface area contributed by atoms with Crippen molar-refractivity contribution in [1.29, 1.82) is 0 Å². The van der Waals surface area contributed by atoms with Crippen LogP contribution in [0.15, 0.2) is 109 Å². The number of rotatable bonds is 43. The monoisotopic (exact) mass is 1310 g/mol. The second-order valence-corrected chi connectivity index (χ2v) is 23.6. The molecule has 0 spiro atoms. The maximum atomic E-state index is 12.0. The Labute approximate surface area is 565 Å². The maximum absolute atomic E-state index is 12.0. The van der Waals surface area contributed by atoms with Crippen LogP contribution in [-0.4, -0.2) is 143 Å². The molecule has 2 saturated heterocycles. The number of hydrogen-bond acceptors (Lipinski definition) is 15. The molecule has 0 unspecified atom stereocenters.